The summed E-state index contributed by atoms with van der Waals surface area (Å²) in [5.74, 6) is -28.9. The van der Waals surface area contributed by atoms with Gasteiger partial charge in [-0.2, -0.15) is 0 Å². The van der Waals surface area contributed by atoms with Crippen molar-refractivity contribution in [2.75, 3.05) is 0 Å². The Hall–Kier alpha value is -1.86. The van der Waals surface area contributed by atoms with Crippen molar-refractivity contribution in [1.29, 1.82) is 0 Å². The number of aliphatic hydroxyl groups excluding tert-OH is 1. The number of nitrogens with one attached hydrogen (secondary N) is 1. The van der Waals surface area contributed by atoms with Gasteiger partial charge in [0.1, 0.15) is 5.92 Å². The average Bonchev–Trinajstić information content (AvgIpc) is 2.84. The predicted octanol–water partition coefficient (Wildman–Crippen LogP) is -9.54. The van der Waals surface area contributed by atoms with Gasteiger partial charge in [0.25, 0.3) is 23.1 Å². The molecule has 2 unspecified atom stereocenters. The zero-order chi connectivity index (χ0) is 27.2. The molecule has 1 aromatic rings. The van der Waals surface area contributed by atoms with Gasteiger partial charge in [-0.15, -0.1) is 0 Å². The molecule has 0 spiro atoms. The topological polar surface area (TPSA) is 354 Å². The van der Waals surface area contributed by atoms with Crippen LogP contribution in [0.3, 0.4) is 0 Å². The zero-order valence-corrected chi connectivity index (χ0v) is 16.9. The Morgan fingerprint density at radius 3 is 1.63 bits per heavy atom. The van der Waals surface area contributed by atoms with Gasteiger partial charge in [-0.25, -0.2) is 5.32 Å². The van der Waals surface area contributed by atoms with Crippen molar-refractivity contribution in [2.24, 2.45) is 0 Å². The fraction of sp³-hybridized carbons (Fsp3) is 0.625. The number of benzene rings is 1. The molecular formula is C16H23NO18. The monoisotopic (exact) mass is 517 g/mol. The van der Waals surface area contributed by atoms with Crippen LogP contribution in [-0.4, -0.2) is 135 Å². The molecule has 2 atom stereocenters. The Bertz CT molecular complexity index is 955. The van der Waals surface area contributed by atoms with Crippen molar-refractivity contribution in [1.82, 2.24) is 5.32 Å². The lowest BCUT2D eigenvalue weighted by Crippen LogP contribution is -2.66. The van der Waals surface area contributed by atoms with Gasteiger partial charge in [0.15, 0.2) is 17.7 Å². The van der Waals surface area contributed by atoms with E-state index in [1.54, 1.807) is 5.32 Å². The standard InChI is InChI=1S/C16H23NO18/c18-9-10(19,20)7(13(25,26)17-9)4-1-2-5(35-16(31,32)33)6(3-4)34-8-11(21,22)14(27,28)15(29,30)12(8,23)24/h1-3,7-9,17-33H. The molecule has 1 aromatic carbocycles. The van der Waals surface area contributed by atoms with Crippen molar-refractivity contribution in [2.45, 2.75) is 59.3 Å². The van der Waals surface area contributed by atoms with Crippen molar-refractivity contribution >= 4 is 0 Å². The van der Waals surface area contributed by atoms with E-state index in [-0.39, 0.29) is 0 Å². The maximum Gasteiger partial charge on any atom is 0.453 e. The summed E-state index contributed by atoms with van der Waals surface area (Å²) in [5.41, 5.74) is -0.662. The molecule has 17 N–H and O–H groups in total. The zero-order valence-electron chi connectivity index (χ0n) is 16.9. The van der Waals surface area contributed by atoms with Crippen molar-refractivity contribution < 1.29 is 91.2 Å². The van der Waals surface area contributed by atoms with Crippen LogP contribution in [-0.2, 0) is 0 Å². The molecule has 2 fully saturated rings. The first-order valence-corrected chi connectivity index (χ1v) is 9.22. The maximum atomic E-state index is 10.1. The SMILES string of the molecule is OC1NC(O)(O)C(c2ccc(OC(O)(O)O)c(OC3C(O)(O)C(O)(O)C(O)(O)C3(O)O)c2)C1(O)O. The Morgan fingerprint density at radius 2 is 1.23 bits per heavy atom. The second kappa shape index (κ2) is 7.58. The molecule has 0 radical (unpaired) electrons. The van der Waals surface area contributed by atoms with Crippen LogP contribution in [0.4, 0.5) is 0 Å². The third-order valence-electron chi connectivity index (χ3n) is 5.62. The van der Waals surface area contributed by atoms with E-state index in [4.69, 9.17) is 20.1 Å². The average molecular weight is 517 g/mol. The summed E-state index contributed by atoms with van der Waals surface area (Å²) < 4.78 is 9.09. The van der Waals surface area contributed by atoms with E-state index in [2.05, 4.69) is 4.74 Å². The molecule has 19 heteroatoms. The maximum absolute atomic E-state index is 10.1. The van der Waals surface area contributed by atoms with Crippen molar-refractivity contribution in [3.8, 4) is 11.5 Å². The van der Waals surface area contributed by atoms with Crippen LogP contribution in [0, 0.1) is 0 Å². The molecule has 200 valence electrons. The van der Waals surface area contributed by atoms with E-state index >= 15 is 0 Å². The van der Waals surface area contributed by atoms with Crippen LogP contribution in [0.2, 0.25) is 0 Å². The Morgan fingerprint density at radius 1 is 0.743 bits per heavy atom. The van der Waals surface area contributed by atoms with Gasteiger partial charge >= 0.3 is 6.16 Å². The molecule has 3 rings (SSSR count). The summed E-state index contributed by atoms with van der Waals surface area (Å²) in [6.07, 6.45) is -9.65. The van der Waals surface area contributed by atoms with Gasteiger partial charge in [0.05, 0.1) is 0 Å². The van der Waals surface area contributed by atoms with Gasteiger partial charge in [0.2, 0.25) is 17.8 Å². The van der Waals surface area contributed by atoms with Crippen LogP contribution in [0.15, 0.2) is 18.2 Å². The lowest BCUT2D eigenvalue weighted by atomic mass is 9.89. The van der Waals surface area contributed by atoms with Crippen LogP contribution >= 0.6 is 0 Å². The third-order valence-corrected chi connectivity index (χ3v) is 5.62. The third kappa shape index (κ3) is 3.93. The van der Waals surface area contributed by atoms with Gasteiger partial charge in [-0.1, -0.05) is 6.07 Å². The van der Waals surface area contributed by atoms with Crippen molar-refractivity contribution in [3.63, 3.8) is 0 Å². The fourth-order valence-electron chi connectivity index (χ4n) is 3.80. The van der Waals surface area contributed by atoms with E-state index in [0.717, 1.165) is 6.07 Å². The van der Waals surface area contributed by atoms with Gasteiger partial charge < -0.3 is 91.2 Å². The van der Waals surface area contributed by atoms with Crippen LogP contribution in [0.25, 0.3) is 0 Å². The van der Waals surface area contributed by atoms with Gasteiger partial charge in [0, 0.05) is 0 Å². The van der Waals surface area contributed by atoms with E-state index in [1.807, 2.05) is 0 Å². The summed E-state index contributed by atoms with van der Waals surface area (Å²) >= 11 is 0. The van der Waals surface area contributed by atoms with E-state index < -0.39 is 76.3 Å². The van der Waals surface area contributed by atoms with E-state index in [9.17, 15) is 66.4 Å². The van der Waals surface area contributed by atoms with Crippen LogP contribution in [0.5, 0.6) is 11.5 Å². The first-order chi connectivity index (χ1) is 15.4. The number of aliphatic hydroxyl groups is 16. The highest BCUT2D eigenvalue weighted by Crippen LogP contribution is 2.50. The first-order valence-electron chi connectivity index (χ1n) is 9.22. The number of rotatable bonds is 5. The fourth-order valence-corrected chi connectivity index (χ4v) is 3.80. The summed E-state index contributed by atoms with van der Waals surface area (Å²) in [5, 5.41) is 158. The van der Waals surface area contributed by atoms with E-state index in [1.165, 1.54) is 0 Å². The molecule has 19 nitrogen and oxygen atoms in total. The summed E-state index contributed by atoms with van der Waals surface area (Å²) in [7, 11) is 0. The Kier molecular flexibility index (Phi) is 6.00. The molecule has 35 heavy (non-hydrogen) atoms. The lowest BCUT2D eigenvalue weighted by Gasteiger charge is -2.34. The molecule has 0 aromatic heterocycles. The normalized spacial score (nSPS) is 30.3. The van der Waals surface area contributed by atoms with Crippen molar-refractivity contribution in [3.05, 3.63) is 23.8 Å². The quantitative estimate of drug-likeness (QED) is 0.161. The van der Waals surface area contributed by atoms with Crippen LogP contribution in [0.1, 0.15) is 11.5 Å². The largest absolute Gasteiger partial charge is 0.475 e. The first kappa shape index (κ1) is 27.7. The Labute approximate surface area is 192 Å². The molecule has 1 aliphatic carbocycles. The molecule has 1 saturated heterocycles. The Balaban J connectivity index is 2.17. The molecule has 0 bridgehead atoms. The minimum atomic E-state index is -4.53. The summed E-state index contributed by atoms with van der Waals surface area (Å²) in [4.78, 5) is 0. The molecule has 2 aliphatic rings. The van der Waals surface area contributed by atoms with Gasteiger partial charge in [-0.3, -0.25) is 0 Å². The van der Waals surface area contributed by atoms with Crippen LogP contribution < -0.4 is 14.8 Å². The highest BCUT2D eigenvalue weighted by Gasteiger charge is 2.85. The predicted molar refractivity (Wildman–Crippen MR) is 95.8 cm³/mol. The molecule has 0 amide bonds. The molecule has 1 saturated carbocycles. The second-order valence-electron chi connectivity index (χ2n) is 8.17. The number of ether oxygens (including phenoxy) is 2. The lowest BCUT2D eigenvalue weighted by molar-refractivity contribution is -0.452. The summed E-state index contributed by atoms with van der Waals surface area (Å²) in [6, 6.07) is 1.73. The molecule has 1 heterocycles. The second-order valence-corrected chi connectivity index (χ2v) is 8.17. The van der Waals surface area contributed by atoms with E-state index in [0.29, 0.717) is 12.1 Å². The molecule has 1 aliphatic heterocycles. The van der Waals surface area contributed by atoms with Gasteiger partial charge in [-0.05, 0) is 17.7 Å². The highest BCUT2D eigenvalue weighted by molar-refractivity contribution is 5.46. The minimum absolute atomic E-state index is 0.436. The summed E-state index contributed by atoms with van der Waals surface area (Å²) in [6.45, 7) is 0. The molecular weight excluding hydrogens is 494 g/mol. The highest BCUT2D eigenvalue weighted by atomic mass is 16.9. The number of hydrogen-bond donors (Lipinski definition) is 17. The minimum Gasteiger partial charge on any atom is -0.475 e. The number of hydrogen-bond acceptors (Lipinski definition) is 19. The smallest absolute Gasteiger partial charge is 0.453 e.